The van der Waals surface area contributed by atoms with Gasteiger partial charge in [-0.2, -0.15) is 0 Å². The molecule has 0 N–H and O–H groups in total. The normalized spacial score (nSPS) is 13.8. The highest BCUT2D eigenvalue weighted by Crippen LogP contribution is 2.35. The van der Waals surface area contributed by atoms with Crippen LogP contribution in [0.3, 0.4) is 0 Å². The average molecular weight is 665 g/mol. The van der Waals surface area contributed by atoms with E-state index in [0.717, 1.165) is 24.2 Å². The molecule has 0 aliphatic carbocycles. The molecule has 0 aromatic heterocycles. The van der Waals surface area contributed by atoms with Crippen molar-refractivity contribution < 1.29 is 16.5 Å². The zero-order chi connectivity index (χ0) is 31.5. The first-order valence-corrected chi connectivity index (χ1v) is 32.0. The Morgan fingerprint density at radius 3 is 0.659 bits per heavy atom. The molecule has 0 fully saturated rings. The van der Waals surface area contributed by atoms with Gasteiger partial charge in [-0.1, -0.05) is 130 Å². The Morgan fingerprint density at radius 2 is 0.488 bits per heavy atom. The molecule has 0 heterocycles. The van der Waals surface area contributed by atoms with Crippen LogP contribution in [0.4, 0.5) is 0 Å². The molecule has 0 saturated carbocycles. The minimum absolute atomic E-state index is 1.16. The van der Waals surface area contributed by atoms with Gasteiger partial charge in [0.25, 0.3) is 0 Å². The summed E-state index contributed by atoms with van der Waals surface area (Å²) in [4.78, 5) is 0. The maximum absolute atomic E-state index is 7.41. The van der Waals surface area contributed by atoms with Crippen molar-refractivity contribution in [2.45, 2.75) is 207 Å². The first-order chi connectivity index (χ1) is 19.1. The van der Waals surface area contributed by atoms with Crippen LogP contribution in [0.2, 0.25) is 76.6 Å². The van der Waals surface area contributed by atoms with Crippen LogP contribution in [0.5, 0.6) is 0 Å². The molecular formula is C32H76O4Si5. The molecule has 0 amide bonds. The monoisotopic (exact) mass is 664 g/mol. The van der Waals surface area contributed by atoms with Crippen LogP contribution < -0.4 is 0 Å². The Bertz CT molecular complexity index is 534. The van der Waals surface area contributed by atoms with Gasteiger partial charge in [-0.05, 0) is 76.6 Å². The molecule has 0 aliphatic rings. The summed E-state index contributed by atoms with van der Waals surface area (Å²) in [6.45, 7) is 28.4. The number of hydrogen-bond donors (Lipinski definition) is 0. The third-order valence-corrected chi connectivity index (χ3v) is 27.2. The Balaban J connectivity index is 6.32. The summed E-state index contributed by atoms with van der Waals surface area (Å²) in [5.41, 5.74) is 0. The van der Waals surface area contributed by atoms with E-state index in [1.54, 1.807) is 0 Å². The molecule has 0 aliphatic heterocycles. The fraction of sp³-hybridized carbons (Fsp3) is 1.00. The minimum atomic E-state index is -3.36. The van der Waals surface area contributed by atoms with Gasteiger partial charge in [-0.25, -0.2) is 0 Å². The number of rotatable bonds is 28. The Morgan fingerprint density at radius 1 is 0.293 bits per heavy atom. The van der Waals surface area contributed by atoms with Crippen LogP contribution in [-0.2, 0) is 16.5 Å². The molecule has 4 nitrogen and oxygen atoms in total. The first-order valence-electron chi connectivity index (χ1n) is 17.9. The van der Waals surface area contributed by atoms with Crippen molar-refractivity contribution >= 4 is 42.3 Å². The minimum Gasteiger partial charge on any atom is -0.396 e. The summed E-state index contributed by atoms with van der Waals surface area (Å²) in [5.74, 6) is 0. The summed E-state index contributed by atoms with van der Waals surface area (Å²) in [6.07, 6.45) is 20.4. The predicted octanol–water partition coefficient (Wildman–Crippen LogP) is 12.6. The summed E-state index contributed by atoms with van der Waals surface area (Å²) in [6, 6.07) is 4.64. The quantitative estimate of drug-likeness (QED) is 0.0616. The van der Waals surface area contributed by atoms with Crippen molar-refractivity contribution in [3.63, 3.8) is 0 Å². The molecular weight excluding hydrogens is 589 g/mol. The predicted molar refractivity (Wildman–Crippen MR) is 196 cm³/mol. The van der Waals surface area contributed by atoms with E-state index in [9.17, 15) is 0 Å². The second-order valence-electron chi connectivity index (χ2n) is 15.2. The van der Waals surface area contributed by atoms with Crippen molar-refractivity contribution in [1.82, 2.24) is 0 Å². The van der Waals surface area contributed by atoms with Crippen LogP contribution >= 0.6 is 0 Å². The summed E-state index contributed by atoms with van der Waals surface area (Å²) >= 11 is 0. The summed E-state index contributed by atoms with van der Waals surface area (Å²) in [7, 11) is -11.6. The third-order valence-electron chi connectivity index (χ3n) is 8.13. The summed E-state index contributed by atoms with van der Waals surface area (Å²) < 4.78 is 29.6. The number of unbranched alkanes of at least 4 members (excludes halogenated alkanes) is 12. The molecule has 9 heteroatoms. The van der Waals surface area contributed by atoms with Gasteiger partial charge in [0.1, 0.15) is 0 Å². The van der Waals surface area contributed by atoms with Gasteiger partial charge in [-0.15, -0.1) is 0 Å². The fourth-order valence-corrected chi connectivity index (χ4v) is 25.7. The van der Waals surface area contributed by atoms with Gasteiger partial charge in [0.2, 0.25) is 0 Å². The highest BCUT2D eigenvalue weighted by molar-refractivity contribution is 6.92. The Kier molecular flexibility index (Phi) is 22.1. The molecule has 0 radical (unpaired) electrons. The highest BCUT2D eigenvalue weighted by atomic mass is 28.5. The molecule has 0 bridgehead atoms. The van der Waals surface area contributed by atoms with Crippen molar-refractivity contribution in [3.8, 4) is 0 Å². The standard InChI is InChI=1S/C32H76O4Si5/c1-13-17-21-25-29-37(5,6)33-41(34-38(7,8)30-26-22-18-14-2,35-39(9,10)31-27-23-19-15-3)36-40(11,12)32-28-24-20-16-4/h13-32H2,1-12H3. The lowest BCUT2D eigenvalue weighted by Crippen LogP contribution is -2.66. The molecule has 0 aromatic carbocycles. The first kappa shape index (κ1) is 41.9. The SMILES string of the molecule is CCCCCC[Si](C)(C)O[Si](O[Si](C)(C)CCCCCC)(O[Si](C)(C)CCCCCC)O[Si](C)(C)CCCCCC. The molecule has 248 valence electrons. The molecule has 0 rings (SSSR count). The maximum Gasteiger partial charge on any atom is 0.636 e. The van der Waals surface area contributed by atoms with Crippen LogP contribution in [0.15, 0.2) is 0 Å². The lowest BCUT2D eigenvalue weighted by atomic mass is 10.2. The lowest BCUT2D eigenvalue weighted by molar-refractivity contribution is 0.144. The van der Waals surface area contributed by atoms with E-state index in [1.807, 2.05) is 0 Å². The van der Waals surface area contributed by atoms with Crippen LogP contribution in [-0.4, -0.2) is 42.3 Å². The van der Waals surface area contributed by atoms with Gasteiger partial charge in [0, 0.05) is 0 Å². The van der Waals surface area contributed by atoms with Gasteiger partial charge >= 0.3 is 9.05 Å². The molecule has 0 aromatic rings. The second kappa shape index (κ2) is 21.6. The van der Waals surface area contributed by atoms with Crippen LogP contribution in [0, 0.1) is 0 Å². The zero-order valence-corrected chi connectivity index (χ0v) is 35.3. The molecule has 0 spiro atoms. The maximum atomic E-state index is 7.41. The third kappa shape index (κ3) is 22.1. The van der Waals surface area contributed by atoms with E-state index < -0.39 is 42.3 Å². The smallest absolute Gasteiger partial charge is 0.396 e. The molecule has 0 atom stereocenters. The Hall–Kier alpha value is 0.924. The topological polar surface area (TPSA) is 36.9 Å². The fourth-order valence-electron chi connectivity index (χ4n) is 5.59. The van der Waals surface area contributed by atoms with Crippen molar-refractivity contribution in [2.24, 2.45) is 0 Å². The molecule has 0 saturated heterocycles. The van der Waals surface area contributed by atoms with Gasteiger partial charge in [0.15, 0.2) is 33.3 Å². The highest BCUT2D eigenvalue weighted by Gasteiger charge is 2.57. The van der Waals surface area contributed by atoms with E-state index in [0.29, 0.717) is 0 Å². The van der Waals surface area contributed by atoms with E-state index >= 15 is 0 Å². The van der Waals surface area contributed by atoms with Crippen molar-refractivity contribution in [3.05, 3.63) is 0 Å². The average Bonchev–Trinajstić information content (AvgIpc) is 2.83. The zero-order valence-electron chi connectivity index (χ0n) is 30.3. The van der Waals surface area contributed by atoms with Gasteiger partial charge < -0.3 is 16.5 Å². The molecule has 0 unspecified atom stereocenters. The van der Waals surface area contributed by atoms with E-state index in [2.05, 4.69) is 80.1 Å². The van der Waals surface area contributed by atoms with E-state index in [4.69, 9.17) is 16.5 Å². The van der Waals surface area contributed by atoms with Crippen LogP contribution in [0.25, 0.3) is 0 Å². The van der Waals surface area contributed by atoms with Gasteiger partial charge in [0.05, 0.1) is 0 Å². The Labute approximate surface area is 264 Å². The largest absolute Gasteiger partial charge is 0.636 e. The van der Waals surface area contributed by atoms with Crippen molar-refractivity contribution in [2.75, 3.05) is 0 Å². The second-order valence-corrected chi connectivity index (χ2v) is 35.5. The molecule has 41 heavy (non-hydrogen) atoms. The van der Waals surface area contributed by atoms with Gasteiger partial charge in [-0.3, -0.25) is 0 Å². The van der Waals surface area contributed by atoms with Crippen molar-refractivity contribution in [1.29, 1.82) is 0 Å². The van der Waals surface area contributed by atoms with E-state index in [1.165, 1.54) is 103 Å². The lowest BCUT2D eigenvalue weighted by Gasteiger charge is -2.46. The van der Waals surface area contributed by atoms with E-state index in [-0.39, 0.29) is 0 Å². The number of hydrogen-bond acceptors (Lipinski definition) is 4. The summed E-state index contributed by atoms with van der Waals surface area (Å²) in [5, 5.41) is 0. The van der Waals surface area contributed by atoms with Crippen LogP contribution in [0.1, 0.15) is 130 Å².